The Kier molecular flexibility index (Phi) is 3.50. The number of rotatable bonds is 3. The summed E-state index contributed by atoms with van der Waals surface area (Å²) in [7, 11) is 0. The molecular formula is C14H15N3O2S. The third-order valence-corrected chi connectivity index (χ3v) is 4.44. The number of hydrogen-bond acceptors (Lipinski definition) is 5. The van der Waals surface area contributed by atoms with Crippen molar-refractivity contribution in [3.05, 3.63) is 45.2 Å². The molecule has 0 amide bonds. The second-order valence-corrected chi connectivity index (χ2v) is 6.09. The fraction of sp³-hybridized carbons (Fsp3) is 0.357. The quantitative estimate of drug-likeness (QED) is 0.937. The molecule has 0 atom stereocenters. The van der Waals surface area contributed by atoms with E-state index in [1.165, 1.54) is 16.9 Å². The number of carboxylic acid groups (broad SMARTS) is 1. The molecule has 0 unspecified atom stereocenters. The van der Waals surface area contributed by atoms with Crippen molar-refractivity contribution in [1.82, 2.24) is 14.9 Å². The fourth-order valence-corrected chi connectivity index (χ4v) is 3.30. The first-order chi connectivity index (χ1) is 9.61. The molecule has 1 N–H and O–H groups in total. The summed E-state index contributed by atoms with van der Waals surface area (Å²) in [6.07, 6.45) is 2.83. The highest BCUT2D eigenvalue weighted by Crippen LogP contribution is 2.22. The van der Waals surface area contributed by atoms with E-state index in [1.807, 2.05) is 19.2 Å². The second kappa shape index (κ2) is 5.30. The van der Waals surface area contributed by atoms with Gasteiger partial charge in [-0.05, 0) is 19.1 Å². The van der Waals surface area contributed by atoms with Crippen molar-refractivity contribution in [3.63, 3.8) is 0 Å². The number of fused-ring (bicyclic) bond motifs is 1. The van der Waals surface area contributed by atoms with Crippen molar-refractivity contribution in [1.29, 1.82) is 0 Å². The van der Waals surface area contributed by atoms with Crippen LogP contribution in [-0.4, -0.2) is 32.5 Å². The maximum absolute atomic E-state index is 10.9. The summed E-state index contributed by atoms with van der Waals surface area (Å²) in [6.45, 7) is 4.47. The summed E-state index contributed by atoms with van der Waals surface area (Å²) >= 11 is 1.35. The van der Waals surface area contributed by atoms with Crippen LogP contribution < -0.4 is 0 Å². The van der Waals surface area contributed by atoms with Gasteiger partial charge in [0.25, 0.3) is 0 Å². The Hall–Kier alpha value is -1.79. The zero-order valence-electron chi connectivity index (χ0n) is 11.2. The van der Waals surface area contributed by atoms with Crippen LogP contribution in [0.25, 0.3) is 0 Å². The molecule has 0 aliphatic carbocycles. The van der Waals surface area contributed by atoms with Gasteiger partial charge in [0.1, 0.15) is 10.7 Å². The number of nitrogens with zero attached hydrogens (tertiary/aromatic N) is 3. The van der Waals surface area contributed by atoms with Gasteiger partial charge in [-0.15, -0.1) is 11.3 Å². The van der Waals surface area contributed by atoms with Gasteiger partial charge in [0.05, 0.1) is 0 Å². The number of hydrogen-bond donors (Lipinski definition) is 1. The minimum atomic E-state index is -0.853. The normalized spacial score (nSPS) is 15.1. The Labute approximate surface area is 120 Å². The van der Waals surface area contributed by atoms with Gasteiger partial charge in [-0.1, -0.05) is 0 Å². The first-order valence-electron chi connectivity index (χ1n) is 6.47. The van der Waals surface area contributed by atoms with Gasteiger partial charge in [-0.25, -0.2) is 14.8 Å². The van der Waals surface area contributed by atoms with Crippen LogP contribution in [0.1, 0.15) is 31.6 Å². The SMILES string of the molecule is Cc1ncc2c(n1)CCN(Cc1ccc(C(=O)O)s1)C2. The highest BCUT2D eigenvalue weighted by atomic mass is 32.1. The zero-order valence-corrected chi connectivity index (χ0v) is 12.0. The van der Waals surface area contributed by atoms with E-state index in [-0.39, 0.29) is 0 Å². The van der Waals surface area contributed by atoms with Crippen LogP contribution in [0.5, 0.6) is 0 Å². The molecule has 104 valence electrons. The minimum Gasteiger partial charge on any atom is -0.477 e. The fourth-order valence-electron chi connectivity index (χ4n) is 2.41. The molecule has 0 bridgehead atoms. The molecule has 0 aromatic carbocycles. The lowest BCUT2D eigenvalue weighted by Crippen LogP contribution is -2.30. The van der Waals surface area contributed by atoms with Gasteiger partial charge in [0, 0.05) is 48.4 Å². The first-order valence-corrected chi connectivity index (χ1v) is 7.29. The minimum absolute atomic E-state index is 0.399. The van der Waals surface area contributed by atoms with E-state index in [0.717, 1.165) is 42.5 Å². The zero-order chi connectivity index (χ0) is 14.1. The Morgan fingerprint density at radius 2 is 2.35 bits per heavy atom. The number of aromatic carboxylic acids is 1. The van der Waals surface area contributed by atoms with Crippen molar-refractivity contribution in [2.24, 2.45) is 0 Å². The lowest BCUT2D eigenvalue weighted by Gasteiger charge is -2.27. The molecular weight excluding hydrogens is 274 g/mol. The number of aromatic nitrogens is 2. The third kappa shape index (κ3) is 2.71. The molecule has 0 fully saturated rings. The molecule has 0 saturated heterocycles. The monoisotopic (exact) mass is 289 g/mol. The van der Waals surface area contributed by atoms with E-state index in [9.17, 15) is 4.79 Å². The highest BCUT2D eigenvalue weighted by Gasteiger charge is 2.19. The summed E-state index contributed by atoms with van der Waals surface area (Å²) in [5.74, 6) is -0.0318. The smallest absolute Gasteiger partial charge is 0.345 e. The largest absolute Gasteiger partial charge is 0.477 e. The summed E-state index contributed by atoms with van der Waals surface area (Å²) < 4.78 is 0. The molecule has 2 aromatic heterocycles. The lowest BCUT2D eigenvalue weighted by atomic mass is 10.1. The van der Waals surface area contributed by atoms with Gasteiger partial charge in [0.2, 0.25) is 0 Å². The van der Waals surface area contributed by atoms with Crippen LogP contribution in [0.4, 0.5) is 0 Å². The maximum atomic E-state index is 10.9. The second-order valence-electron chi connectivity index (χ2n) is 4.92. The molecule has 20 heavy (non-hydrogen) atoms. The van der Waals surface area contributed by atoms with Crippen LogP contribution in [0.15, 0.2) is 18.3 Å². The third-order valence-electron chi connectivity index (χ3n) is 3.39. The van der Waals surface area contributed by atoms with Crippen molar-refractivity contribution >= 4 is 17.3 Å². The Morgan fingerprint density at radius 3 is 3.10 bits per heavy atom. The molecule has 0 spiro atoms. The van der Waals surface area contributed by atoms with E-state index in [2.05, 4.69) is 14.9 Å². The van der Waals surface area contributed by atoms with E-state index in [0.29, 0.717) is 4.88 Å². The Balaban J connectivity index is 1.70. The number of thiophene rings is 1. The van der Waals surface area contributed by atoms with Gasteiger partial charge in [-0.3, -0.25) is 4.90 Å². The van der Waals surface area contributed by atoms with E-state index >= 15 is 0 Å². The Bertz CT molecular complexity index is 654. The van der Waals surface area contributed by atoms with E-state index in [1.54, 1.807) is 6.07 Å². The summed E-state index contributed by atoms with van der Waals surface area (Å²) in [4.78, 5) is 23.4. The topological polar surface area (TPSA) is 66.3 Å². The molecule has 0 radical (unpaired) electrons. The highest BCUT2D eigenvalue weighted by molar-refractivity contribution is 7.13. The van der Waals surface area contributed by atoms with Crippen molar-refractivity contribution in [3.8, 4) is 0 Å². The molecule has 3 heterocycles. The molecule has 1 aliphatic rings. The van der Waals surface area contributed by atoms with Crippen LogP contribution in [0.2, 0.25) is 0 Å². The van der Waals surface area contributed by atoms with Crippen LogP contribution in [-0.2, 0) is 19.5 Å². The predicted molar refractivity (Wildman–Crippen MR) is 75.9 cm³/mol. The first kappa shape index (κ1) is 13.2. The molecule has 6 heteroatoms. The van der Waals surface area contributed by atoms with Crippen molar-refractivity contribution in [2.45, 2.75) is 26.4 Å². The molecule has 1 aliphatic heterocycles. The number of aryl methyl sites for hydroxylation is 1. The van der Waals surface area contributed by atoms with Gasteiger partial charge < -0.3 is 5.11 Å². The van der Waals surface area contributed by atoms with Crippen LogP contribution in [0, 0.1) is 6.92 Å². The maximum Gasteiger partial charge on any atom is 0.345 e. The average molecular weight is 289 g/mol. The number of carbonyl (C=O) groups is 1. The summed E-state index contributed by atoms with van der Waals surface area (Å²) in [5.41, 5.74) is 2.32. The summed E-state index contributed by atoms with van der Waals surface area (Å²) in [6, 6.07) is 3.57. The van der Waals surface area contributed by atoms with Crippen molar-refractivity contribution in [2.75, 3.05) is 6.54 Å². The van der Waals surface area contributed by atoms with Gasteiger partial charge in [-0.2, -0.15) is 0 Å². The van der Waals surface area contributed by atoms with Crippen LogP contribution >= 0.6 is 11.3 Å². The molecule has 3 rings (SSSR count). The summed E-state index contributed by atoms with van der Waals surface area (Å²) in [5, 5.41) is 8.94. The molecule has 2 aromatic rings. The van der Waals surface area contributed by atoms with Gasteiger partial charge >= 0.3 is 5.97 Å². The molecule has 0 saturated carbocycles. The number of carboxylic acids is 1. The molecule has 5 nitrogen and oxygen atoms in total. The Morgan fingerprint density at radius 1 is 1.50 bits per heavy atom. The van der Waals surface area contributed by atoms with E-state index in [4.69, 9.17) is 5.11 Å². The van der Waals surface area contributed by atoms with Gasteiger partial charge in [0.15, 0.2) is 0 Å². The standard InChI is InChI=1S/C14H15N3O2S/c1-9-15-6-10-7-17(5-4-12(10)16-9)8-11-2-3-13(20-11)14(18)19/h2-3,6H,4-5,7-8H2,1H3,(H,18,19). The van der Waals surface area contributed by atoms with E-state index < -0.39 is 5.97 Å². The lowest BCUT2D eigenvalue weighted by molar-refractivity contribution is 0.0702. The average Bonchev–Trinajstić information content (AvgIpc) is 2.88. The van der Waals surface area contributed by atoms with Crippen LogP contribution in [0.3, 0.4) is 0 Å². The predicted octanol–water partition coefficient (Wildman–Crippen LogP) is 2.10. The van der Waals surface area contributed by atoms with Crippen molar-refractivity contribution < 1.29 is 9.90 Å².